The van der Waals surface area contributed by atoms with Crippen molar-refractivity contribution in [3.63, 3.8) is 0 Å². The Morgan fingerprint density at radius 2 is 1.19 bits per heavy atom. The largest absolute Gasteiger partial charge is 0.264 e. The highest BCUT2D eigenvalue weighted by Gasteiger charge is 2.50. The van der Waals surface area contributed by atoms with Gasteiger partial charge in [-0.1, -0.05) is 104 Å². The molecule has 0 radical (unpaired) electrons. The normalized spacial score (nSPS) is 17.9. The number of rotatable bonds is 3. The minimum absolute atomic E-state index is 0.0490. The summed E-state index contributed by atoms with van der Waals surface area (Å²) in [6.07, 6.45) is 8.10. The molecule has 0 N–H and O–H groups in total. The van der Waals surface area contributed by atoms with E-state index < -0.39 is 0 Å². The molecule has 0 saturated carbocycles. The van der Waals surface area contributed by atoms with Gasteiger partial charge in [0.1, 0.15) is 0 Å². The molecule has 2 aliphatic rings. The standard InChI is InChI=1S/C39H30N2S/c1-39(2)34-16-18-40-23-32(34)36-31-15-9-14-30(38(31)42-35-17-19-41-24-33(35)37(36)39)29-21-27(25-10-5-3-6-11-25)20-28(22-29)26-12-7-4-8-13-26/h3-24,36-37H,1-2H3. The molecule has 0 spiro atoms. The average Bonchev–Trinajstić information content (AvgIpc) is 3.17. The molecular weight excluding hydrogens is 529 g/mol. The molecule has 4 aromatic carbocycles. The Hall–Kier alpha value is -4.47. The Bertz CT molecular complexity index is 1890. The first-order valence-electron chi connectivity index (χ1n) is 14.5. The summed E-state index contributed by atoms with van der Waals surface area (Å²) in [5.41, 5.74) is 12.8. The van der Waals surface area contributed by atoms with E-state index in [-0.39, 0.29) is 17.3 Å². The summed E-state index contributed by atoms with van der Waals surface area (Å²) >= 11 is 1.90. The van der Waals surface area contributed by atoms with Crippen LogP contribution in [0.1, 0.15) is 47.9 Å². The Labute approximate surface area is 251 Å². The van der Waals surface area contributed by atoms with Gasteiger partial charge >= 0.3 is 0 Å². The van der Waals surface area contributed by atoms with E-state index in [0.29, 0.717) is 0 Å². The summed E-state index contributed by atoms with van der Waals surface area (Å²) in [5.74, 6) is 0.488. The molecule has 42 heavy (non-hydrogen) atoms. The molecule has 202 valence electrons. The van der Waals surface area contributed by atoms with E-state index in [2.05, 4.69) is 145 Å². The second-order valence-corrected chi connectivity index (χ2v) is 13.0. The molecule has 0 saturated heterocycles. The van der Waals surface area contributed by atoms with E-state index in [9.17, 15) is 0 Å². The minimum Gasteiger partial charge on any atom is -0.264 e. The van der Waals surface area contributed by atoms with Crippen molar-refractivity contribution >= 4 is 11.8 Å². The summed E-state index contributed by atoms with van der Waals surface area (Å²) in [4.78, 5) is 11.9. The van der Waals surface area contributed by atoms with Gasteiger partial charge in [0, 0.05) is 46.4 Å². The average molecular weight is 559 g/mol. The van der Waals surface area contributed by atoms with Gasteiger partial charge in [0.15, 0.2) is 0 Å². The highest BCUT2D eigenvalue weighted by atomic mass is 32.2. The number of fused-ring (bicyclic) bond motifs is 7. The van der Waals surface area contributed by atoms with Crippen LogP contribution >= 0.6 is 11.8 Å². The predicted octanol–water partition coefficient (Wildman–Crippen LogP) is 10.1. The highest BCUT2D eigenvalue weighted by molar-refractivity contribution is 7.99. The molecule has 8 rings (SSSR count). The quantitative estimate of drug-likeness (QED) is 0.216. The fraction of sp³-hybridized carbons (Fsp3) is 0.128. The van der Waals surface area contributed by atoms with Crippen molar-refractivity contribution in [3.05, 3.63) is 156 Å². The van der Waals surface area contributed by atoms with E-state index in [4.69, 9.17) is 0 Å². The Morgan fingerprint density at radius 3 is 1.88 bits per heavy atom. The van der Waals surface area contributed by atoms with Crippen molar-refractivity contribution in [3.8, 4) is 33.4 Å². The van der Waals surface area contributed by atoms with Crippen molar-refractivity contribution in [2.24, 2.45) is 0 Å². The molecule has 6 aromatic rings. The molecule has 2 aromatic heterocycles. The van der Waals surface area contributed by atoms with Gasteiger partial charge in [0.25, 0.3) is 0 Å². The van der Waals surface area contributed by atoms with Crippen molar-refractivity contribution in [1.82, 2.24) is 9.97 Å². The van der Waals surface area contributed by atoms with Gasteiger partial charge in [-0.05, 0) is 91.4 Å². The van der Waals surface area contributed by atoms with E-state index >= 15 is 0 Å². The van der Waals surface area contributed by atoms with Crippen LogP contribution in [0, 0.1) is 0 Å². The van der Waals surface area contributed by atoms with Crippen LogP contribution in [0.3, 0.4) is 0 Å². The molecule has 0 bridgehead atoms. The molecule has 2 nitrogen and oxygen atoms in total. The van der Waals surface area contributed by atoms with Crippen LogP contribution in [-0.4, -0.2) is 9.97 Å². The van der Waals surface area contributed by atoms with E-state index in [1.54, 1.807) is 0 Å². The van der Waals surface area contributed by atoms with Gasteiger partial charge in [-0.3, -0.25) is 9.97 Å². The Balaban J connectivity index is 1.40. The van der Waals surface area contributed by atoms with Crippen LogP contribution in [0.15, 0.2) is 144 Å². The second kappa shape index (κ2) is 9.82. The Kier molecular flexibility index (Phi) is 5.90. The lowest BCUT2D eigenvalue weighted by Crippen LogP contribution is -2.24. The zero-order valence-electron chi connectivity index (χ0n) is 23.7. The molecule has 3 heteroatoms. The maximum Gasteiger partial charge on any atom is 0.0314 e. The van der Waals surface area contributed by atoms with Crippen molar-refractivity contribution in [2.75, 3.05) is 0 Å². The van der Waals surface area contributed by atoms with Gasteiger partial charge in [-0.15, -0.1) is 0 Å². The van der Waals surface area contributed by atoms with Crippen LogP contribution in [-0.2, 0) is 5.41 Å². The fourth-order valence-electron chi connectivity index (χ4n) is 7.27. The fourth-order valence-corrected chi connectivity index (χ4v) is 8.52. The smallest absolute Gasteiger partial charge is 0.0314 e. The second-order valence-electron chi connectivity index (χ2n) is 11.9. The van der Waals surface area contributed by atoms with Crippen LogP contribution in [0.4, 0.5) is 0 Å². The number of hydrogen-bond acceptors (Lipinski definition) is 3. The summed E-state index contributed by atoms with van der Waals surface area (Å²) in [7, 11) is 0. The van der Waals surface area contributed by atoms with E-state index in [1.165, 1.54) is 65.4 Å². The zero-order valence-corrected chi connectivity index (χ0v) is 24.5. The first-order chi connectivity index (χ1) is 20.6. The predicted molar refractivity (Wildman–Crippen MR) is 173 cm³/mol. The van der Waals surface area contributed by atoms with Gasteiger partial charge < -0.3 is 0 Å². The summed E-state index contributed by atoms with van der Waals surface area (Å²) in [6, 6.07) is 39.8. The lowest BCUT2D eigenvalue weighted by Gasteiger charge is -2.32. The van der Waals surface area contributed by atoms with Gasteiger partial charge in [0.2, 0.25) is 0 Å². The Morgan fingerprint density at radius 1 is 0.571 bits per heavy atom. The SMILES string of the molecule is CC1(C)c2ccncc2C2c3cccc(-c4cc(-c5ccccc5)cc(-c5ccccc5)c4)c3Sc3ccncc3C21. The minimum atomic E-state index is -0.0490. The first-order valence-corrected chi connectivity index (χ1v) is 15.4. The van der Waals surface area contributed by atoms with Crippen LogP contribution in [0.25, 0.3) is 33.4 Å². The van der Waals surface area contributed by atoms with Crippen LogP contribution in [0.2, 0.25) is 0 Å². The van der Waals surface area contributed by atoms with Crippen molar-refractivity contribution in [1.29, 1.82) is 0 Å². The number of pyridine rings is 2. The topological polar surface area (TPSA) is 25.8 Å². The molecule has 2 atom stereocenters. The number of benzene rings is 4. The molecule has 0 amide bonds. The monoisotopic (exact) mass is 558 g/mol. The van der Waals surface area contributed by atoms with Crippen LogP contribution < -0.4 is 0 Å². The number of hydrogen-bond donors (Lipinski definition) is 0. The third kappa shape index (κ3) is 3.95. The lowest BCUT2D eigenvalue weighted by molar-refractivity contribution is 0.416. The first kappa shape index (κ1) is 25.3. The van der Waals surface area contributed by atoms with Crippen molar-refractivity contribution in [2.45, 2.75) is 40.9 Å². The molecule has 1 aliphatic carbocycles. The molecule has 3 heterocycles. The molecule has 2 unspecified atom stereocenters. The maximum atomic E-state index is 4.63. The number of aromatic nitrogens is 2. The lowest BCUT2D eigenvalue weighted by atomic mass is 9.71. The summed E-state index contributed by atoms with van der Waals surface area (Å²) in [6.45, 7) is 4.78. The van der Waals surface area contributed by atoms with Crippen LogP contribution in [0.5, 0.6) is 0 Å². The molecular formula is C39H30N2S. The van der Waals surface area contributed by atoms with Gasteiger partial charge in [0.05, 0.1) is 0 Å². The zero-order chi connectivity index (χ0) is 28.3. The highest BCUT2D eigenvalue weighted by Crippen LogP contribution is 2.63. The third-order valence-electron chi connectivity index (χ3n) is 9.19. The van der Waals surface area contributed by atoms with Gasteiger partial charge in [-0.25, -0.2) is 0 Å². The van der Waals surface area contributed by atoms with E-state index in [1.807, 2.05) is 24.2 Å². The van der Waals surface area contributed by atoms with Crippen molar-refractivity contribution < 1.29 is 0 Å². The maximum absolute atomic E-state index is 4.63. The molecule has 1 aliphatic heterocycles. The number of nitrogens with zero attached hydrogens (tertiary/aromatic N) is 2. The van der Waals surface area contributed by atoms with E-state index in [0.717, 1.165) is 0 Å². The third-order valence-corrected chi connectivity index (χ3v) is 10.4. The van der Waals surface area contributed by atoms with Gasteiger partial charge in [-0.2, -0.15) is 0 Å². The summed E-state index contributed by atoms with van der Waals surface area (Å²) < 4.78 is 0. The molecule has 0 fully saturated rings. The summed E-state index contributed by atoms with van der Waals surface area (Å²) in [5, 5.41) is 0.